The van der Waals surface area contributed by atoms with E-state index in [4.69, 9.17) is 4.74 Å². The molecular weight excluding hydrogens is 248 g/mol. The molecule has 0 saturated carbocycles. The third-order valence-electron chi connectivity index (χ3n) is 3.31. The third-order valence-corrected chi connectivity index (χ3v) is 3.31. The first-order chi connectivity index (χ1) is 9.16. The monoisotopic (exact) mass is 265 g/mol. The lowest BCUT2D eigenvalue weighted by molar-refractivity contribution is -0.309. The van der Waals surface area contributed by atoms with Crippen LogP contribution in [0.2, 0.25) is 0 Å². The highest BCUT2D eigenvalue weighted by molar-refractivity contribution is 5.78. The van der Waals surface area contributed by atoms with E-state index < -0.39 is 12.6 Å². The summed E-state index contributed by atoms with van der Waals surface area (Å²) in [7, 11) is 0. The van der Waals surface area contributed by atoms with Crippen molar-refractivity contribution in [3.8, 4) is 0 Å². The van der Waals surface area contributed by atoms with Crippen LogP contribution in [0.15, 0.2) is 24.5 Å². The maximum Gasteiger partial charge on any atom is 0.248 e. The van der Waals surface area contributed by atoms with Crippen molar-refractivity contribution >= 4 is 11.9 Å². The van der Waals surface area contributed by atoms with Gasteiger partial charge in [0.1, 0.15) is 6.61 Å². The fourth-order valence-electron chi connectivity index (χ4n) is 2.32. The molecule has 2 heterocycles. The van der Waals surface area contributed by atoms with E-state index in [0.29, 0.717) is 19.1 Å². The molecule has 0 atom stereocenters. The lowest BCUT2D eigenvalue weighted by Gasteiger charge is -2.32. The Balaban J connectivity index is 1.73. The van der Waals surface area contributed by atoms with Crippen LogP contribution in [-0.2, 0) is 14.3 Å². The lowest BCUT2D eigenvalue weighted by Crippen LogP contribution is -2.41. The van der Waals surface area contributed by atoms with Crippen molar-refractivity contribution in [1.82, 2.24) is 9.47 Å². The predicted molar refractivity (Wildman–Crippen MR) is 65.1 cm³/mol. The Morgan fingerprint density at radius 1 is 1.16 bits per heavy atom. The number of aromatic nitrogens is 1. The zero-order valence-corrected chi connectivity index (χ0v) is 10.7. The van der Waals surface area contributed by atoms with E-state index in [-0.39, 0.29) is 12.5 Å². The molecule has 0 spiro atoms. The average molecular weight is 265 g/mol. The lowest BCUT2D eigenvalue weighted by atomic mass is 10.1. The molecule has 0 aliphatic carbocycles. The number of hydrogen-bond donors (Lipinski definition) is 0. The van der Waals surface area contributed by atoms with Crippen molar-refractivity contribution in [3.05, 3.63) is 24.5 Å². The molecule has 0 aromatic carbocycles. The van der Waals surface area contributed by atoms with E-state index in [1.54, 1.807) is 4.90 Å². The van der Waals surface area contributed by atoms with Gasteiger partial charge in [-0.3, -0.25) is 4.79 Å². The minimum atomic E-state index is -1.31. The average Bonchev–Trinajstić information content (AvgIpc) is 2.92. The zero-order valence-electron chi connectivity index (χ0n) is 10.7. The van der Waals surface area contributed by atoms with E-state index in [2.05, 4.69) is 4.57 Å². The highest BCUT2D eigenvalue weighted by atomic mass is 16.5. The van der Waals surface area contributed by atoms with Crippen molar-refractivity contribution in [2.75, 3.05) is 26.3 Å². The fourth-order valence-corrected chi connectivity index (χ4v) is 2.32. The van der Waals surface area contributed by atoms with E-state index in [1.165, 1.54) is 0 Å². The summed E-state index contributed by atoms with van der Waals surface area (Å²) in [6.45, 7) is 0.625. The summed E-state index contributed by atoms with van der Waals surface area (Å²) >= 11 is 0. The molecule has 1 amide bonds. The van der Waals surface area contributed by atoms with E-state index in [9.17, 15) is 14.7 Å². The van der Waals surface area contributed by atoms with E-state index >= 15 is 0 Å². The Bertz CT molecular complexity index is 422. The molecule has 1 aliphatic rings. The third kappa shape index (κ3) is 3.82. The number of aliphatic carboxylic acids is 1. The summed E-state index contributed by atoms with van der Waals surface area (Å²) < 4.78 is 6.91. The second-order valence-corrected chi connectivity index (χ2v) is 4.61. The number of carboxylic acid groups (broad SMARTS) is 1. The summed E-state index contributed by atoms with van der Waals surface area (Å²) in [5.74, 6) is -1.47. The van der Waals surface area contributed by atoms with Crippen LogP contribution in [0.25, 0.3) is 0 Å². The van der Waals surface area contributed by atoms with E-state index in [1.807, 2.05) is 24.5 Å². The number of ether oxygens (including phenoxy) is 1. The number of amides is 1. The summed E-state index contributed by atoms with van der Waals surface area (Å²) in [5, 5.41) is 10.2. The SMILES string of the molecule is O=C([O-])COCC(=O)N1CCC(n2cccc2)CC1. The standard InChI is InChI=1S/C13H18N2O4/c16-12(9-19-10-13(17)18)15-7-3-11(4-8-15)14-5-1-2-6-14/h1-2,5-6,11H,3-4,7-10H2,(H,17,18)/p-1. The van der Waals surface area contributed by atoms with Gasteiger partial charge in [-0.25, -0.2) is 0 Å². The smallest absolute Gasteiger partial charge is 0.248 e. The van der Waals surface area contributed by atoms with Crippen LogP contribution in [0, 0.1) is 0 Å². The first-order valence-electron chi connectivity index (χ1n) is 6.34. The van der Waals surface area contributed by atoms with Gasteiger partial charge >= 0.3 is 0 Å². The zero-order chi connectivity index (χ0) is 13.7. The van der Waals surface area contributed by atoms with Crippen molar-refractivity contribution < 1.29 is 19.4 Å². The van der Waals surface area contributed by atoms with Gasteiger partial charge in [0.15, 0.2) is 0 Å². The summed E-state index contributed by atoms with van der Waals surface area (Å²) in [4.78, 5) is 23.6. The molecule has 1 aliphatic heterocycles. The van der Waals surface area contributed by atoms with Crippen LogP contribution in [-0.4, -0.2) is 47.6 Å². The molecule has 0 bridgehead atoms. The summed E-state index contributed by atoms with van der Waals surface area (Å²) in [6, 6.07) is 4.42. The van der Waals surface area contributed by atoms with Crippen LogP contribution in [0.5, 0.6) is 0 Å². The Labute approximate surface area is 111 Å². The number of hydrogen-bond acceptors (Lipinski definition) is 4. The van der Waals surface area contributed by atoms with Crippen LogP contribution >= 0.6 is 0 Å². The van der Waals surface area contributed by atoms with Gasteiger partial charge in [0, 0.05) is 31.5 Å². The van der Waals surface area contributed by atoms with Crippen molar-refractivity contribution in [2.45, 2.75) is 18.9 Å². The Kier molecular flexibility index (Phi) is 4.57. The fraction of sp³-hybridized carbons (Fsp3) is 0.538. The highest BCUT2D eigenvalue weighted by Crippen LogP contribution is 2.22. The van der Waals surface area contributed by atoms with E-state index in [0.717, 1.165) is 12.8 Å². The van der Waals surface area contributed by atoms with Crippen LogP contribution in [0.4, 0.5) is 0 Å². The molecule has 0 unspecified atom stereocenters. The highest BCUT2D eigenvalue weighted by Gasteiger charge is 2.23. The number of likely N-dealkylation sites (tertiary alicyclic amines) is 1. The van der Waals surface area contributed by atoms with Crippen LogP contribution in [0.1, 0.15) is 18.9 Å². The summed E-state index contributed by atoms with van der Waals surface area (Å²) in [6.07, 6.45) is 5.87. The summed E-state index contributed by atoms with van der Waals surface area (Å²) in [5.41, 5.74) is 0. The number of carbonyl (C=O) groups excluding carboxylic acids is 2. The van der Waals surface area contributed by atoms with Crippen LogP contribution in [0.3, 0.4) is 0 Å². The van der Waals surface area contributed by atoms with Gasteiger partial charge in [0.2, 0.25) is 5.91 Å². The van der Waals surface area contributed by atoms with Gasteiger partial charge in [0.25, 0.3) is 0 Å². The second-order valence-electron chi connectivity index (χ2n) is 4.61. The normalized spacial score (nSPS) is 16.5. The first-order valence-corrected chi connectivity index (χ1v) is 6.34. The Hall–Kier alpha value is -1.82. The quantitative estimate of drug-likeness (QED) is 0.713. The molecule has 6 heteroatoms. The topological polar surface area (TPSA) is 74.6 Å². The number of rotatable bonds is 5. The molecular formula is C13H17N2O4-. The Morgan fingerprint density at radius 2 is 1.79 bits per heavy atom. The maximum atomic E-state index is 11.8. The molecule has 0 radical (unpaired) electrons. The van der Waals surface area contributed by atoms with Gasteiger partial charge in [-0.15, -0.1) is 0 Å². The molecule has 2 rings (SSSR count). The molecule has 1 fully saturated rings. The molecule has 6 nitrogen and oxygen atoms in total. The van der Waals surface area contributed by atoms with Gasteiger partial charge in [-0.05, 0) is 25.0 Å². The van der Waals surface area contributed by atoms with Crippen molar-refractivity contribution in [2.24, 2.45) is 0 Å². The minimum absolute atomic E-state index is 0.160. The largest absolute Gasteiger partial charge is 0.548 e. The molecule has 19 heavy (non-hydrogen) atoms. The van der Waals surface area contributed by atoms with Gasteiger partial charge < -0.3 is 24.1 Å². The minimum Gasteiger partial charge on any atom is -0.548 e. The van der Waals surface area contributed by atoms with Gasteiger partial charge in [-0.2, -0.15) is 0 Å². The maximum absolute atomic E-state index is 11.8. The molecule has 1 aromatic rings. The van der Waals surface area contributed by atoms with Crippen molar-refractivity contribution in [3.63, 3.8) is 0 Å². The first kappa shape index (κ1) is 13.6. The number of carbonyl (C=O) groups is 2. The van der Waals surface area contributed by atoms with Crippen LogP contribution < -0.4 is 5.11 Å². The van der Waals surface area contributed by atoms with Crippen molar-refractivity contribution in [1.29, 1.82) is 0 Å². The Morgan fingerprint density at radius 3 is 2.37 bits per heavy atom. The molecule has 1 aromatic heterocycles. The molecule has 0 N–H and O–H groups in total. The molecule has 1 saturated heterocycles. The number of nitrogens with zero attached hydrogens (tertiary/aromatic N) is 2. The van der Waals surface area contributed by atoms with Gasteiger partial charge in [-0.1, -0.05) is 0 Å². The number of carboxylic acids is 1. The number of piperidine rings is 1. The molecule has 104 valence electrons. The van der Waals surface area contributed by atoms with Gasteiger partial charge in [0.05, 0.1) is 12.6 Å². The predicted octanol–water partition coefficient (Wildman–Crippen LogP) is -0.582. The second kappa shape index (κ2) is 6.38.